The Balaban J connectivity index is -0.0000000985. The third-order valence-corrected chi connectivity index (χ3v) is 2.49. The maximum atomic E-state index is 9.75. The van der Waals surface area contributed by atoms with E-state index in [1.807, 2.05) is 0 Å². The van der Waals surface area contributed by atoms with E-state index < -0.39 is 43.5 Å². The Morgan fingerprint density at radius 2 is 0.651 bits per heavy atom. The monoisotopic (exact) mass is 704 g/mol. The topological polar surface area (TPSA) is 6.48 Å². The van der Waals surface area contributed by atoms with E-state index in [2.05, 4.69) is 36.2 Å². The van der Waals surface area contributed by atoms with Crippen molar-refractivity contribution in [3.63, 3.8) is 0 Å². The molecule has 268 valence electrons. The van der Waals surface area contributed by atoms with E-state index in [1.54, 1.807) is 0 Å². The Morgan fingerprint density at radius 1 is 0.419 bits per heavy atom. The normalized spacial score (nSPS) is 13.2. The molecule has 0 aromatic heterocycles. The zero-order valence-electron chi connectivity index (χ0n) is 21.5. The minimum Gasteiger partial charge on any atom is -0.418 e. The van der Waals surface area contributed by atoms with Gasteiger partial charge in [0.25, 0.3) is 0 Å². The van der Waals surface area contributed by atoms with Crippen LogP contribution in [-0.4, -0.2) is 73.6 Å². The first-order valence-electron chi connectivity index (χ1n) is 10.7. The van der Waals surface area contributed by atoms with Gasteiger partial charge in [-0.15, -0.1) is 0 Å². The van der Waals surface area contributed by atoms with E-state index in [0.29, 0.717) is 0 Å². The van der Waals surface area contributed by atoms with E-state index in [1.165, 1.54) is 38.6 Å². The number of hydrogen-bond donors (Lipinski definition) is 0. The lowest BCUT2D eigenvalue weighted by atomic mass is 10.1. The summed E-state index contributed by atoms with van der Waals surface area (Å²) >= 11 is 0. The van der Waals surface area contributed by atoms with Gasteiger partial charge < -0.3 is 113 Å². The lowest BCUT2D eigenvalue weighted by Gasteiger charge is -2.17. The lowest BCUT2D eigenvalue weighted by Crippen LogP contribution is -2.23. The first kappa shape index (κ1) is 53.6. The van der Waals surface area contributed by atoms with Gasteiger partial charge in [-0.25, -0.2) is 0 Å². The molecule has 1 heterocycles. The van der Waals surface area contributed by atoms with Gasteiger partial charge in [-0.2, -0.15) is 0 Å². The van der Waals surface area contributed by atoms with Crippen LogP contribution in [0.3, 0.4) is 0 Å². The molecule has 0 aliphatic carbocycles. The second-order valence-corrected chi connectivity index (χ2v) is 6.89. The quantitative estimate of drug-likeness (QED) is 0.154. The van der Waals surface area contributed by atoms with Crippen molar-refractivity contribution in [2.45, 2.75) is 39.0 Å². The fourth-order valence-electron chi connectivity index (χ4n) is 1.65. The third-order valence-electron chi connectivity index (χ3n) is 2.49. The molecular weight excluding hydrogens is 681 g/mol. The largest absolute Gasteiger partial charge is 0.673 e. The molecule has 32 heteroatoms. The average Bonchev–Trinajstić information content (AvgIpc) is 2.98. The van der Waals surface area contributed by atoms with Crippen molar-refractivity contribution in [2.24, 2.45) is 0 Å². The van der Waals surface area contributed by atoms with Gasteiger partial charge in [-0.3, -0.25) is 0 Å². The molecule has 0 N–H and O–H groups in total. The summed E-state index contributed by atoms with van der Waals surface area (Å²) in [5.41, 5.74) is 0. The second-order valence-electron chi connectivity index (χ2n) is 6.89. The number of halogens is 24. The summed E-state index contributed by atoms with van der Waals surface area (Å²) in [6.07, 6.45) is 11.2. The summed E-state index contributed by atoms with van der Waals surface area (Å²) in [7, 11) is -33.9. The van der Waals surface area contributed by atoms with E-state index in [0.717, 1.165) is 6.67 Å². The zero-order valence-corrected chi connectivity index (χ0v) is 21.5. The van der Waals surface area contributed by atoms with Crippen LogP contribution in [0.2, 0.25) is 0 Å². The summed E-state index contributed by atoms with van der Waals surface area (Å²) in [5.74, 6) is 0. The Morgan fingerprint density at radius 3 is 0.837 bits per heavy atom. The third kappa shape index (κ3) is 294. The van der Waals surface area contributed by atoms with Gasteiger partial charge in [0.05, 0.1) is 6.67 Å². The summed E-state index contributed by atoms with van der Waals surface area (Å²) in [5, 5.41) is 0. The van der Waals surface area contributed by atoms with Crippen LogP contribution in [0, 0.1) is 0 Å². The Labute approximate surface area is 229 Å². The van der Waals surface area contributed by atoms with Crippen molar-refractivity contribution < 1.29 is 104 Å². The van der Waals surface area contributed by atoms with Crippen molar-refractivity contribution in [3.05, 3.63) is 12.4 Å². The van der Waals surface area contributed by atoms with Crippen molar-refractivity contribution in [1.29, 1.82) is 0 Å². The Kier molecular flexibility index (Phi) is 31.6. The average molecular weight is 703 g/mol. The highest BCUT2D eigenvalue weighted by molar-refractivity contribution is 6.51. The van der Waals surface area contributed by atoms with E-state index in [9.17, 15) is 104 Å². The minimum atomic E-state index is -6.00. The fraction of sp³-hybridized carbons (Fsp3) is 0.818. The van der Waals surface area contributed by atoms with Gasteiger partial charge in [-0.1, -0.05) is 32.6 Å². The molecule has 0 amide bonds. The summed E-state index contributed by atoms with van der Waals surface area (Å²) in [6.45, 7) is 4.57. The van der Waals surface area contributed by atoms with Crippen molar-refractivity contribution in [1.82, 2.24) is 9.80 Å². The van der Waals surface area contributed by atoms with Crippen molar-refractivity contribution in [3.8, 4) is 0 Å². The van der Waals surface area contributed by atoms with Crippen LogP contribution in [-0.2, 0) is 0 Å². The molecule has 0 radical (unpaired) electrons. The first-order chi connectivity index (χ1) is 18.3. The predicted octanol–water partition coefficient (Wildman–Crippen LogP) is 10.4. The predicted molar refractivity (Wildman–Crippen MR) is 118 cm³/mol. The molecule has 0 aromatic rings. The van der Waals surface area contributed by atoms with Gasteiger partial charge >= 0.3 is 43.5 Å². The zero-order chi connectivity index (χ0) is 36.5. The van der Waals surface area contributed by atoms with E-state index in [4.69, 9.17) is 0 Å². The molecular formula is C11H22B6F24N2-6. The van der Waals surface area contributed by atoms with E-state index >= 15 is 0 Å². The van der Waals surface area contributed by atoms with Crippen LogP contribution >= 0.6 is 0 Å². The number of nitrogens with zero attached hydrogens (tertiary/aromatic N) is 2. The molecule has 1 aliphatic heterocycles. The lowest BCUT2D eigenvalue weighted by molar-refractivity contribution is 0.291. The summed E-state index contributed by atoms with van der Waals surface area (Å²) < 4.78 is 234. The van der Waals surface area contributed by atoms with Crippen LogP contribution in [0.15, 0.2) is 12.4 Å². The molecule has 2 nitrogen and oxygen atoms in total. The summed E-state index contributed by atoms with van der Waals surface area (Å²) in [6, 6.07) is 0. The summed E-state index contributed by atoms with van der Waals surface area (Å²) in [4.78, 5) is 4.60. The molecule has 43 heavy (non-hydrogen) atoms. The molecule has 0 saturated heterocycles. The van der Waals surface area contributed by atoms with Gasteiger partial charge in [-0.05, 0) is 6.42 Å². The maximum Gasteiger partial charge on any atom is 0.673 e. The Hall–Kier alpha value is -1.95. The molecule has 0 bridgehead atoms. The molecule has 1 aliphatic rings. The van der Waals surface area contributed by atoms with Crippen LogP contribution < -0.4 is 0 Å². The molecule has 1 rings (SSSR count). The number of unbranched alkanes of at least 4 members (excludes halogenated alkanes) is 4. The minimum absolute atomic E-state index is 1.08. The van der Waals surface area contributed by atoms with Gasteiger partial charge in [0.2, 0.25) is 0 Å². The van der Waals surface area contributed by atoms with E-state index in [-0.39, 0.29) is 0 Å². The van der Waals surface area contributed by atoms with Gasteiger partial charge in [0, 0.05) is 26.0 Å². The maximum absolute atomic E-state index is 9.75. The Bertz CT molecular complexity index is 499. The molecule has 0 unspecified atom stereocenters. The fourth-order valence-corrected chi connectivity index (χ4v) is 1.65. The smallest absolute Gasteiger partial charge is 0.418 e. The highest BCUT2D eigenvalue weighted by atomic mass is 19.5. The number of rotatable bonds is 6. The molecule has 0 aromatic carbocycles. The number of hydrogen-bond acceptors (Lipinski definition) is 2. The van der Waals surface area contributed by atoms with Crippen LogP contribution in [0.25, 0.3) is 0 Å². The highest BCUT2D eigenvalue weighted by Crippen LogP contribution is 2.10. The SMILES string of the molecule is CCCCCCCN1C=CN(C)C1.F[B-](F)(F)F.F[B-](F)(F)F.F[B-](F)(F)F.F[B-](F)(F)F.F[B-](F)(F)F.F[B-](F)(F)F. The van der Waals surface area contributed by atoms with Crippen molar-refractivity contribution >= 4 is 43.5 Å². The highest BCUT2D eigenvalue weighted by Gasteiger charge is 2.22. The standard InChI is InChI=1S/C11H22N2.6BF4/c1-3-4-5-6-7-8-13-10-9-12(2)11-13;6*2-1(3,4)5/h9-10H,3-8,11H2,1-2H3;;;;;;/q;6*-1. The molecule has 0 atom stereocenters. The van der Waals surface area contributed by atoms with Crippen LogP contribution in [0.5, 0.6) is 0 Å². The first-order valence-corrected chi connectivity index (χ1v) is 10.7. The second kappa shape index (κ2) is 25.4. The molecule has 0 fully saturated rings. The van der Waals surface area contributed by atoms with Crippen LogP contribution in [0.1, 0.15) is 39.0 Å². The molecule has 0 saturated carbocycles. The molecule has 0 spiro atoms. The van der Waals surface area contributed by atoms with Gasteiger partial charge in [0.15, 0.2) is 0 Å². The van der Waals surface area contributed by atoms with Crippen LogP contribution in [0.4, 0.5) is 104 Å². The van der Waals surface area contributed by atoms with Gasteiger partial charge in [0.1, 0.15) is 0 Å². The van der Waals surface area contributed by atoms with Crippen molar-refractivity contribution in [2.75, 3.05) is 20.3 Å².